The summed E-state index contributed by atoms with van der Waals surface area (Å²) in [5.41, 5.74) is 7.52. The first-order valence-electron chi connectivity index (χ1n) is 6.31. The number of halogens is 1. The van der Waals surface area contributed by atoms with Gasteiger partial charge in [0.25, 0.3) is 0 Å². The number of hydrogen-bond acceptors (Lipinski definition) is 2. The van der Waals surface area contributed by atoms with Gasteiger partial charge in [0, 0.05) is 6.04 Å². The van der Waals surface area contributed by atoms with Gasteiger partial charge in [-0.15, -0.1) is 0 Å². The zero-order valence-electron chi connectivity index (χ0n) is 10.0. The highest BCUT2D eigenvalue weighted by atomic mass is 35.5. The van der Waals surface area contributed by atoms with Crippen LogP contribution in [0.2, 0.25) is 5.02 Å². The van der Waals surface area contributed by atoms with Crippen LogP contribution in [-0.2, 0) is 0 Å². The van der Waals surface area contributed by atoms with Gasteiger partial charge in [-0.3, -0.25) is 0 Å². The maximum absolute atomic E-state index is 6.37. The third-order valence-corrected chi connectivity index (χ3v) is 4.76. The first-order valence-corrected chi connectivity index (χ1v) is 6.69. The summed E-state index contributed by atoms with van der Waals surface area (Å²) in [5.74, 6) is 3.18. The van der Waals surface area contributed by atoms with Gasteiger partial charge in [0.1, 0.15) is 5.75 Å². The van der Waals surface area contributed by atoms with Crippen molar-refractivity contribution < 1.29 is 4.74 Å². The predicted octanol–water partition coefficient (Wildman–Crippen LogP) is 3.39. The quantitative estimate of drug-likeness (QED) is 0.894. The molecule has 0 amide bonds. The fourth-order valence-corrected chi connectivity index (χ4v) is 3.71. The Balaban J connectivity index is 1.80. The van der Waals surface area contributed by atoms with Crippen LogP contribution < -0.4 is 10.5 Å². The standard InChI is InChI=1S/C14H18ClNO/c1-17-12-7-8(5-6-11(12)15)14(16)13-9-3-2-4-10(9)13/h5-7,9-10,13-14H,2-4,16H2,1H3. The first kappa shape index (κ1) is 11.4. The Labute approximate surface area is 107 Å². The van der Waals surface area contributed by atoms with E-state index in [9.17, 15) is 0 Å². The average Bonchev–Trinajstić information content (AvgIpc) is 2.82. The number of fused-ring (bicyclic) bond motifs is 1. The molecular formula is C14H18ClNO. The Morgan fingerprint density at radius 3 is 2.71 bits per heavy atom. The molecule has 2 nitrogen and oxygen atoms in total. The van der Waals surface area contributed by atoms with Gasteiger partial charge in [-0.1, -0.05) is 24.1 Å². The van der Waals surface area contributed by atoms with Crippen LogP contribution in [0.25, 0.3) is 0 Å². The van der Waals surface area contributed by atoms with Gasteiger partial charge in [0.2, 0.25) is 0 Å². The normalized spacial score (nSPS) is 32.1. The Bertz CT molecular complexity index is 424. The van der Waals surface area contributed by atoms with Crippen molar-refractivity contribution in [2.24, 2.45) is 23.5 Å². The van der Waals surface area contributed by atoms with Crippen LogP contribution in [0.5, 0.6) is 5.75 Å². The van der Waals surface area contributed by atoms with Crippen molar-refractivity contribution in [2.45, 2.75) is 25.3 Å². The summed E-state index contributed by atoms with van der Waals surface area (Å²) < 4.78 is 5.24. The number of ether oxygens (including phenoxy) is 1. The zero-order chi connectivity index (χ0) is 12.0. The molecule has 0 aromatic heterocycles. The second kappa shape index (κ2) is 4.18. The lowest BCUT2D eigenvalue weighted by Crippen LogP contribution is -2.15. The SMILES string of the molecule is COc1cc(C(N)C2C3CCCC32)ccc1Cl. The molecule has 0 heterocycles. The van der Waals surface area contributed by atoms with E-state index in [2.05, 4.69) is 0 Å². The van der Waals surface area contributed by atoms with E-state index in [-0.39, 0.29) is 6.04 Å². The van der Waals surface area contributed by atoms with Crippen LogP contribution >= 0.6 is 11.6 Å². The minimum absolute atomic E-state index is 0.150. The molecular weight excluding hydrogens is 234 g/mol. The summed E-state index contributed by atoms with van der Waals surface area (Å²) in [6, 6.07) is 6.05. The molecule has 1 aromatic rings. The van der Waals surface area contributed by atoms with Crippen LogP contribution in [0.15, 0.2) is 18.2 Å². The Kier molecular flexibility index (Phi) is 2.80. The summed E-state index contributed by atoms with van der Waals surface area (Å²) in [7, 11) is 1.64. The van der Waals surface area contributed by atoms with Crippen molar-refractivity contribution in [2.75, 3.05) is 7.11 Å². The molecule has 17 heavy (non-hydrogen) atoms. The number of hydrogen-bond donors (Lipinski definition) is 1. The Hall–Kier alpha value is -0.730. The van der Waals surface area contributed by atoms with E-state index in [1.54, 1.807) is 7.11 Å². The van der Waals surface area contributed by atoms with Crippen molar-refractivity contribution in [3.8, 4) is 5.75 Å². The molecule has 1 aromatic carbocycles. The molecule has 2 fully saturated rings. The topological polar surface area (TPSA) is 35.2 Å². The highest BCUT2D eigenvalue weighted by Gasteiger charge is 2.55. The van der Waals surface area contributed by atoms with E-state index < -0.39 is 0 Å². The van der Waals surface area contributed by atoms with E-state index in [0.717, 1.165) is 23.1 Å². The predicted molar refractivity (Wildman–Crippen MR) is 69.3 cm³/mol. The van der Waals surface area contributed by atoms with Gasteiger partial charge in [-0.25, -0.2) is 0 Å². The van der Waals surface area contributed by atoms with Crippen molar-refractivity contribution in [3.63, 3.8) is 0 Å². The Morgan fingerprint density at radius 1 is 1.35 bits per heavy atom. The molecule has 3 rings (SSSR count). The minimum Gasteiger partial charge on any atom is -0.495 e. The van der Waals surface area contributed by atoms with Crippen LogP contribution in [-0.4, -0.2) is 7.11 Å². The van der Waals surface area contributed by atoms with Crippen molar-refractivity contribution in [3.05, 3.63) is 28.8 Å². The highest BCUT2D eigenvalue weighted by Crippen LogP contribution is 2.61. The maximum Gasteiger partial charge on any atom is 0.137 e. The molecule has 0 spiro atoms. The van der Waals surface area contributed by atoms with Gasteiger partial charge in [-0.05, 0) is 48.3 Å². The summed E-state index contributed by atoms with van der Waals surface area (Å²) in [6.07, 6.45) is 4.13. The molecule has 2 aliphatic carbocycles. The molecule has 2 N–H and O–H groups in total. The molecule has 3 heteroatoms. The van der Waals surface area contributed by atoms with Gasteiger partial charge < -0.3 is 10.5 Å². The average molecular weight is 252 g/mol. The molecule has 3 unspecified atom stereocenters. The molecule has 0 saturated heterocycles. The summed E-state index contributed by atoms with van der Waals surface area (Å²) >= 11 is 6.03. The molecule has 0 aliphatic heterocycles. The number of rotatable bonds is 3. The van der Waals surface area contributed by atoms with E-state index in [0.29, 0.717) is 10.9 Å². The van der Waals surface area contributed by atoms with Crippen molar-refractivity contribution in [1.82, 2.24) is 0 Å². The molecule has 2 aliphatic rings. The van der Waals surface area contributed by atoms with Crippen molar-refractivity contribution >= 4 is 11.6 Å². The molecule has 3 atom stereocenters. The van der Waals surface area contributed by atoms with Crippen LogP contribution in [0.4, 0.5) is 0 Å². The fourth-order valence-electron chi connectivity index (χ4n) is 3.52. The summed E-state index contributed by atoms with van der Waals surface area (Å²) in [4.78, 5) is 0. The van der Waals surface area contributed by atoms with Gasteiger partial charge >= 0.3 is 0 Å². The zero-order valence-corrected chi connectivity index (χ0v) is 10.8. The smallest absolute Gasteiger partial charge is 0.137 e. The summed E-state index contributed by atoms with van der Waals surface area (Å²) in [5, 5.41) is 0.652. The molecule has 92 valence electrons. The molecule has 0 bridgehead atoms. The second-order valence-electron chi connectivity index (χ2n) is 5.26. The lowest BCUT2D eigenvalue weighted by molar-refractivity contribution is 0.413. The van der Waals surface area contributed by atoms with E-state index in [4.69, 9.17) is 22.1 Å². The lowest BCUT2D eigenvalue weighted by Gasteiger charge is -2.15. The minimum atomic E-state index is 0.150. The molecule has 2 saturated carbocycles. The largest absolute Gasteiger partial charge is 0.495 e. The van der Waals surface area contributed by atoms with E-state index >= 15 is 0 Å². The third kappa shape index (κ3) is 1.84. The van der Waals surface area contributed by atoms with Crippen LogP contribution in [0.3, 0.4) is 0 Å². The van der Waals surface area contributed by atoms with E-state index in [1.165, 1.54) is 19.3 Å². The Morgan fingerprint density at radius 2 is 2.06 bits per heavy atom. The first-order chi connectivity index (χ1) is 8.22. The summed E-state index contributed by atoms with van der Waals surface area (Å²) in [6.45, 7) is 0. The molecule has 0 radical (unpaired) electrons. The number of nitrogens with two attached hydrogens (primary N) is 1. The van der Waals surface area contributed by atoms with E-state index in [1.807, 2.05) is 18.2 Å². The highest BCUT2D eigenvalue weighted by molar-refractivity contribution is 6.32. The van der Waals surface area contributed by atoms with Crippen molar-refractivity contribution in [1.29, 1.82) is 0 Å². The fraction of sp³-hybridized carbons (Fsp3) is 0.571. The van der Waals surface area contributed by atoms with Crippen LogP contribution in [0.1, 0.15) is 30.9 Å². The van der Waals surface area contributed by atoms with Gasteiger partial charge in [0.05, 0.1) is 12.1 Å². The third-order valence-electron chi connectivity index (χ3n) is 4.45. The number of benzene rings is 1. The van der Waals surface area contributed by atoms with Gasteiger partial charge in [0.15, 0.2) is 0 Å². The maximum atomic E-state index is 6.37. The monoisotopic (exact) mass is 251 g/mol. The van der Waals surface area contributed by atoms with Gasteiger partial charge in [-0.2, -0.15) is 0 Å². The number of methoxy groups -OCH3 is 1. The lowest BCUT2D eigenvalue weighted by atomic mass is 9.97. The second-order valence-corrected chi connectivity index (χ2v) is 5.66. The van der Waals surface area contributed by atoms with Crippen LogP contribution in [0, 0.1) is 17.8 Å².